The van der Waals surface area contributed by atoms with Crippen molar-refractivity contribution in [1.29, 1.82) is 0 Å². The molecule has 0 bridgehead atoms. The van der Waals surface area contributed by atoms with Gasteiger partial charge in [-0.2, -0.15) is 0 Å². The van der Waals surface area contributed by atoms with Crippen molar-refractivity contribution in [1.82, 2.24) is 20.1 Å². The number of hydrogen-bond donors (Lipinski definition) is 1. The van der Waals surface area contributed by atoms with Gasteiger partial charge >= 0.3 is 0 Å². The molecule has 130 valence electrons. The van der Waals surface area contributed by atoms with Crippen LogP contribution in [0.15, 0.2) is 41.8 Å². The van der Waals surface area contributed by atoms with E-state index < -0.39 is 0 Å². The highest BCUT2D eigenvalue weighted by Gasteiger charge is 2.10. The van der Waals surface area contributed by atoms with Crippen LogP contribution in [0.3, 0.4) is 0 Å². The van der Waals surface area contributed by atoms with Gasteiger partial charge in [0.05, 0.1) is 5.75 Å². The summed E-state index contributed by atoms with van der Waals surface area (Å²) in [5.74, 6) is 0.636. The molecule has 1 heterocycles. The summed E-state index contributed by atoms with van der Waals surface area (Å²) >= 11 is 1.40. The number of thioether (sulfide) groups is 1. The monoisotopic (exact) mass is 348 g/mol. The molecule has 1 amide bonds. The van der Waals surface area contributed by atoms with E-state index in [1.54, 1.807) is 13.4 Å². The van der Waals surface area contributed by atoms with Gasteiger partial charge in [0.25, 0.3) is 0 Å². The number of ether oxygens (including phenoxy) is 1. The Balaban J connectivity index is 1.72. The predicted octanol–water partition coefficient (Wildman–Crippen LogP) is 2.33. The predicted molar refractivity (Wildman–Crippen MR) is 95.1 cm³/mol. The van der Waals surface area contributed by atoms with Crippen LogP contribution in [0, 0.1) is 0 Å². The summed E-state index contributed by atoms with van der Waals surface area (Å²) in [6.07, 6.45) is 2.58. The normalized spacial score (nSPS) is 12.1. The van der Waals surface area contributed by atoms with Crippen LogP contribution in [0.1, 0.15) is 24.8 Å². The lowest BCUT2D eigenvalue weighted by atomic mass is 10.0. The van der Waals surface area contributed by atoms with Gasteiger partial charge in [0.15, 0.2) is 5.16 Å². The van der Waals surface area contributed by atoms with E-state index in [9.17, 15) is 4.79 Å². The van der Waals surface area contributed by atoms with Crippen molar-refractivity contribution in [3.05, 3.63) is 42.2 Å². The van der Waals surface area contributed by atoms with E-state index in [4.69, 9.17) is 4.74 Å². The highest BCUT2D eigenvalue weighted by Crippen LogP contribution is 2.16. The standard InChI is InChI=1S/C17H24N4O2S/c1-14(15-7-4-3-5-8-15)11-18-16(22)12-24-17-20-19-13-21(17)9-6-10-23-2/h3-5,7-8,13-14H,6,9-12H2,1-2H3,(H,18,22). The molecule has 2 rings (SSSR count). The molecule has 1 unspecified atom stereocenters. The third-order valence-electron chi connectivity index (χ3n) is 3.63. The Morgan fingerprint density at radius 2 is 2.17 bits per heavy atom. The first-order valence-corrected chi connectivity index (χ1v) is 9.00. The van der Waals surface area contributed by atoms with Crippen LogP contribution >= 0.6 is 11.8 Å². The summed E-state index contributed by atoms with van der Waals surface area (Å²) in [6, 6.07) is 10.2. The highest BCUT2D eigenvalue weighted by molar-refractivity contribution is 7.99. The summed E-state index contributed by atoms with van der Waals surface area (Å²) in [5, 5.41) is 11.7. The third kappa shape index (κ3) is 5.98. The van der Waals surface area contributed by atoms with Crippen LogP contribution in [-0.2, 0) is 16.1 Å². The Bertz CT molecular complexity index is 618. The maximum absolute atomic E-state index is 12.0. The largest absolute Gasteiger partial charge is 0.385 e. The van der Waals surface area contributed by atoms with Gasteiger partial charge in [-0.25, -0.2) is 0 Å². The number of amides is 1. The number of aryl methyl sites for hydroxylation is 1. The minimum atomic E-state index is 0.00854. The summed E-state index contributed by atoms with van der Waals surface area (Å²) in [7, 11) is 1.68. The van der Waals surface area contributed by atoms with E-state index in [2.05, 4.69) is 34.6 Å². The Morgan fingerprint density at radius 1 is 1.38 bits per heavy atom. The van der Waals surface area contributed by atoms with Gasteiger partial charge in [0, 0.05) is 26.8 Å². The van der Waals surface area contributed by atoms with Crippen molar-refractivity contribution in [2.45, 2.75) is 31.0 Å². The zero-order chi connectivity index (χ0) is 17.2. The second-order valence-electron chi connectivity index (χ2n) is 5.56. The van der Waals surface area contributed by atoms with Gasteiger partial charge in [0.2, 0.25) is 5.91 Å². The van der Waals surface area contributed by atoms with Crippen molar-refractivity contribution < 1.29 is 9.53 Å². The third-order valence-corrected chi connectivity index (χ3v) is 4.61. The minimum absolute atomic E-state index is 0.00854. The fourth-order valence-electron chi connectivity index (χ4n) is 2.24. The van der Waals surface area contributed by atoms with Crippen molar-refractivity contribution in [2.75, 3.05) is 26.0 Å². The Labute approximate surface area is 147 Å². The molecule has 0 radical (unpaired) electrons. The first kappa shape index (κ1) is 18.5. The topological polar surface area (TPSA) is 69.0 Å². The average Bonchev–Trinajstić information content (AvgIpc) is 3.06. The molecule has 7 heteroatoms. The summed E-state index contributed by atoms with van der Waals surface area (Å²) < 4.78 is 6.99. The number of nitrogens with one attached hydrogen (secondary N) is 1. The molecule has 1 N–H and O–H groups in total. The molecular weight excluding hydrogens is 324 g/mol. The molecule has 0 aliphatic rings. The number of hydrogen-bond acceptors (Lipinski definition) is 5. The van der Waals surface area contributed by atoms with Crippen molar-refractivity contribution in [3.63, 3.8) is 0 Å². The molecule has 0 aliphatic heterocycles. The van der Waals surface area contributed by atoms with Gasteiger partial charge in [-0.15, -0.1) is 10.2 Å². The van der Waals surface area contributed by atoms with Gasteiger partial charge in [-0.1, -0.05) is 49.0 Å². The lowest BCUT2D eigenvalue weighted by molar-refractivity contribution is -0.118. The van der Waals surface area contributed by atoms with Crippen LogP contribution in [0.5, 0.6) is 0 Å². The van der Waals surface area contributed by atoms with Crippen molar-refractivity contribution in [3.8, 4) is 0 Å². The lowest BCUT2D eigenvalue weighted by Crippen LogP contribution is -2.29. The number of rotatable bonds is 10. The Morgan fingerprint density at radius 3 is 2.92 bits per heavy atom. The molecule has 0 fully saturated rings. The fourth-order valence-corrected chi connectivity index (χ4v) is 3.01. The zero-order valence-corrected chi connectivity index (χ0v) is 15.0. The van der Waals surface area contributed by atoms with Crippen LogP contribution < -0.4 is 5.32 Å². The van der Waals surface area contributed by atoms with Crippen LogP contribution in [-0.4, -0.2) is 46.7 Å². The number of methoxy groups -OCH3 is 1. The second kappa shape index (κ2) is 10.1. The van der Waals surface area contributed by atoms with Gasteiger partial charge in [0.1, 0.15) is 6.33 Å². The first-order chi connectivity index (χ1) is 11.7. The lowest BCUT2D eigenvalue weighted by Gasteiger charge is -2.13. The smallest absolute Gasteiger partial charge is 0.230 e. The second-order valence-corrected chi connectivity index (χ2v) is 6.50. The van der Waals surface area contributed by atoms with Crippen molar-refractivity contribution in [2.24, 2.45) is 0 Å². The Hall–Kier alpha value is -1.86. The van der Waals surface area contributed by atoms with E-state index in [1.807, 2.05) is 22.8 Å². The van der Waals surface area contributed by atoms with E-state index in [0.717, 1.165) is 18.1 Å². The number of aromatic nitrogens is 3. The van der Waals surface area contributed by atoms with Gasteiger partial charge in [-0.3, -0.25) is 4.79 Å². The number of carbonyl (C=O) groups is 1. The molecule has 0 saturated carbocycles. The molecule has 1 aromatic carbocycles. The van der Waals surface area contributed by atoms with E-state index in [-0.39, 0.29) is 11.8 Å². The molecule has 0 saturated heterocycles. The fraction of sp³-hybridized carbons (Fsp3) is 0.471. The van der Waals surface area contributed by atoms with Gasteiger partial charge in [-0.05, 0) is 17.9 Å². The number of carbonyl (C=O) groups excluding carboxylic acids is 1. The molecule has 24 heavy (non-hydrogen) atoms. The van der Waals surface area contributed by atoms with Crippen LogP contribution in [0.2, 0.25) is 0 Å². The summed E-state index contributed by atoms with van der Waals surface area (Å²) in [4.78, 5) is 12.0. The summed E-state index contributed by atoms with van der Waals surface area (Å²) in [6.45, 7) is 4.22. The minimum Gasteiger partial charge on any atom is -0.385 e. The zero-order valence-electron chi connectivity index (χ0n) is 14.1. The quantitative estimate of drug-likeness (QED) is 0.527. The molecular formula is C17H24N4O2S. The molecule has 1 atom stereocenters. The van der Waals surface area contributed by atoms with Gasteiger partial charge < -0.3 is 14.6 Å². The number of benzene rings is 1. The number of nitrogens with zero attached hydrogens (tertiary/aromatic N) is 3. The molecule has 1 aromatic heterocycles. The molecule has 6 nitrogen and oxygen atoms in total. The first-order valence-electron chi connectivity index (χ1n) is 8.02. The van der Waals surface area contributed by atoms with Crippen LogP contribution in [0.4, 0.5) is 0 Å². The SMILES string of the molecule is COCCCn1cnnc1SCC(=O)NCC(C)c1ccccc1. The summed E-state index contributed by atoms with van der Waals surface area (Å²) in [5.41, 5.74) is 1.23. The maximum Gasteiger partial charge on any atom is 0.230 e. The highest BCUT2D eigenvalue weighted by atomic mass is 32.2. The van der Waals surface area contributed by atoms with Crippen molar-refractivity contribution >= 4 is 17.7 Å². The molecule has 2 aromatic rings. The average molecular weight is 348 g/mol. The van der Waals surface area contributed by atoms with E-state index in [0.29, 0.717) is 18.9 Å². The molecule has 0 spiro atoms. The maximum atomic E-state index is 12.0. The van der Waals surface area contributed by atoms with E-state index in [1.165, 1.54) is 17.3 Å². The van der Waals surface area contributed by atoms with E-state index >= 15 is 0 Å². The Kier molecular flexibility index (Phi) is 7.77. The van der Waals surface area contributed by atoms with Crippen LogP contribution in [0.25, 0.3) is 0 Å². The molecule has 0 aliphatic carbocycles.